The topological polar surface area (TPSA) is 161 Å². The number of pyridine rings is 1. The standard InChI is InChI=1S/C39H41N5O5/c40-38(49)39(27-7-3-1-4-8-27,28-9-5-2-6-10-28)29-19-21-44(25-29)22-20-36(48)42-30-13-11-26(12-14-30)23-41-24-34(46)31-15-17-33(45)37-32(31)16-18-35(47)43-37/h1-18,29,34,41,45-46H,19-25H2,(H2,40,49)(H,42,48)(H,43,47). The lowest BCUT2D eigenvalue weighted by atomic mass is 9.64. The molecule has 0 spiro atoms. The van der Waals surface area contributed by atoms with E-state index < -0.39 is 11.5 Å². The molecule has 49 heavy (non-hydrogen) atoms. The minimum absolute atomic E-state index is 0.0360. The molecule has 1 aliphatic heterocycles. The Morgan fingerprint density at radius 2 is 1.59 bits per heavy atom. The van der Waals surface area contributed by atoms with E-state index in [4.69, 9.17) is 5.73 Å². The second kappa shape index (κ2) is 14.9. The molecule has 1 aromatic heterocycles. The van der Waals surface area contributed by atoms with Gasteiger partial charge in [0, 0.05) is 49.7 Å². The van der Waals surface area contributed by atoms with Gasteiger partial charge in [0.1, 0.15) is 11.2 Å². The molecule has 0 saturated carbocycles. The molecule has 252 valence electrons. The molecule has 2 unspecified atom stereocenters. The van der Waals surface area contributed by atoms with Gasteiger partial charge in [0.25, 0.3) is 0 Å². The van der Waals surface area contributed by atoms with E-state index in [0.717, 1.165) is 29.7 Å². The van der Waals surface area contributed by atoms with Gasteiger partial charge in [0.05, 0.1) is 11.6 Å². The summed E-state index contributed by atoms with van der Waals surface area (Å²) in [6.07, 6.45) is 0.240. The lowest BCUT2D eigenvalue weighted by Crippen LogP contribution is -2.49. The van der Waals surface area contributed by atoms with Crippen LogP contribution in [0.25, 0.3) is 10.9 Å². The number of aromatic hydroxyl groups is 1. The fraction of sp³-hybridized carbons (Fsp3) is 0.256. The number of nitrogens with one attached hydrogen (secondary N) is 3. The molecule has 7 N–H and O–H groups in total. The number of hydrogen-bond donors (Lipinski definition) is 6. The second-order valence-electron chi connectivity index (χ2n) is 12.6. The summed E-state index contributed by atoms with van der Waals surface area (Å²) in [7, 11) is 0. The van der Waals surface area contributed by atoms with Crippen molar-refractivity contribution in [2.24, 2.45) is 11.7 Å². The highest BCUT2D eigenvalue weighted by molar-refractivity contribution is 5.92. The van der Waals surface area contributed by atoms with Crippen molar-refractivity contribution >= 4 is 28.4 Å². The molecule has 10 heteroatoms. The molecule has 1 fully saturated rings. The summed E-state index contributed by atoms with van der Waals surface area (Å²) < 4.78 is 0. The van der Waals surface area contributed by atoms with E-state index in [0.29, 0.717) is 48.2 Å². The van der Waals surface area contributed by atoms with Crippen LogP contribution in [0, 0.1) is 5.92 Å². The second-order valence-corrected chi connectivity index (χ2v) is 12.6. The van der Waals surface area contributed by atoms with Gasteiger partial charge in [-0.1, -0.05) is 78.9 Å². The fourth-order valence-corrected chi connectivity index (χ4v) is 7.12. The predicted octanol–water partition coefficient (Wildman–Crippen LogP) is 4.18. The van der Waals surface area contributed by atoms with Crippen LogP contribution in [0.1, 0.15) is 41.2 Å². The highest BCUT2D eigenvalue weighted by Gasteiger charge is 2.49. The number of aliphatic hydroxyl groups excluding tert-OH is 1. The largest absolute Gasteiger partial charge is 0.506 e. The van der Waals surface area contributed by atoms with Crippen molar-refractivity contribution in [1.82, 2.24) is 15.2 Å². The maximum atomic E-state index is 13.3. The highest BCUT2D eigenvalue weighted by atomic mass is 16.3. The number of fused-ring (bicyclic) bond motifs is 1. The number of amides is 2. The number of aliphatic hydroxyl groups is 1. The molecule has 5 aromatic rings. The van der Waals surface area contributed by atoms with Crippen molar-refractivity contribution in [3.8, 4) is 5.75 Å². The van der Waals surface area contributed by atoms with Crippen molar-refractivity contribution in [2.75, 3.05) is 31.5 Å². The number of nitrogens with zero attached hydrogens (tertiary/aromatic N) is 1. The van der Waals surface area contributed by atoms with Crippen LogP contribution in [0.15, 0.2) is 114 Å². The van der Waals surface area contributed by atoms with Gasteiger partial charge in [0.2, 0.25) is 17.4 Å². The minimum atomic E-state index is -0.963. The van der Waals surface area contributed by atoms with Crippen molar-refractivity contribution < 1.29 is 19.8 Å². The minimum Gasteiger partial charge on any atom is -0.506 e. The Morgan fingerprint density at radius 3 is 2.24 bits per heavy atom. The summed E-state index contributed by atoms with van der Waals surface area (Å²) in [5.41, 5.74) is 9.26. The number of phenols is 1. The van der Waals surface area contributed by atoms with Crippen molar-refractivity contribution in [1.29, 1.82) is 0 Å². The Labute approximate surface area is 284 Å². The van der Waals surface area contributed by atoms with Gasteiger partial charge in [-0.15, -0.1) is 0 Å². The molecular weight excluding hydrogens is 618 g/mol. The van der Waals surface area contributed by atoms with Gasteiger partial charge in [-0.2, -0.15) is 0 Å². The maximum absolute atomic E-state index is 13.3. The van der Waals surface area contributed by atoms with E-state index >= 15 is 0 Å². The van der Waals surface area contributed by atoms with Crippen LogP contribution in [-0.2, 0) is 21.5 Å². The first-order valence-corrected chi connectivity index (χ1v) is 16.5. The van der Waals surface area contributed by atoms with Crippen molar-refractivity contribution in [3.63, 3.8) is 0 Å². The predicted molar refractivity (Wildman–Crippen MR) is 190 cm³/mol. The molecule has 2 atom stereocenters. The van der Waals surface area contributed by atoms with Crippen LogP contribution in [0.3, 0.4) is 0 Å². The van der Waals surface area contributed by atoms with Gasteiger partial charge in [-0.25, -0.2) is 0 Å². The SMILES string of the molecule is NC(=O)C(c1ccccc1)(c1ccccc1)C1CCN(CCC(=O)Nc2ccc(CNCC(O)c3ccc(O)c4[nH]c(=O)ccc34)cc2)C1. The van der Waals surface area contributed by atoms with Gasteiger partial charge < -0.3 is 36.5 Å². The summed E-state index contributed by atoms with van der Waals surface area (Å²) in [4.78, 5) is 42.8. The third-order valence-electron chi connectivity index (χ3n) is 9.56. The number of hydrogen-bond acceptors (Lipinski definition) is 7. The van der Waals surface area contributed by atoms with Crippen LogP contribution in [0.2, 0.25) is 0 Å². The van der Waals surface area contributed by atoms with E-state index in [1.54, 1.807) is 12.1 Å². The molecule has 1 aliphatic rings. The number of phenolic OH excluding ortho intramolecular Hbond substituents is 1. The first kappa shape index (κ1) is 33.6. The normalized spacial score (nSPS) is 15.7. The number of nitrogens with two attached hydrogens (primary N) is 1. The maximum Gasteiger partial charge on any atom is 0.248 e. The van der Waals surface area contributed by atoms with Crippen LogP contribution in [-0.4, -0.2) is 58.1 Å². The molecule has 2 heterocycles. The monoisotopic (exact) mass is 659 g/mol. The Hall–Kier alpha value is -5.29. The van der Waals surface area contributed by atoms with E-state index in [1.807, 2.05) is 84.9 Å². The molecule has 4 aromatic carbocycles. The summed E-state index contributed by atoms with van der Waals surface area (Å²) in [6.45, 7) is 2.74. The molecule has 2 amide bonds. The third kappa shape index (κ3) is 7.26. The van der Waals surface area contributed by atoms with Gasteiger partial charge in [-0.3, -0.25) is 14.4 Å². The van der Waals surface area contributed by atoms with Crippen LogP contribution in [0.4, 0.5) is 5.69 Å². The average molecular weight is 660 g/mol. The summed E-state index contributed by atoms with van der Waals surface area (Å²) in [5, 5.41) is 27.7. The first-order chi connectivity index (χ1) is 23.8. The molecular formula is C39H41N5O5. The number of likely N-dealkylation sites (tertiary alicyclic amines) is 1. The first-order valence-electron chi connectivity index (χ1n) is 16.5. The number of carbonyl (C=O) groups is 2. The van der Waals surface area contributed by atoms with E-state index in [1.165, 1.54) is 12.1 Å². The number of primary amides is 1. The van der Waals surface area contributed by atoms with E-state index in [9.17, 15) is 24.6 Å². The quantitative estimate of drug-likeness (QED) is 0.111. The van der Waals surface area contributed by atoms with Crippen molar-refractivity contribution in [2.45, 2.75) is 30.9 Å². The zero-order valence-electron chi connectivity index (χ0n) is 27.1. The number of H-pyrrole nitrogens is 1. The number of rotatable bonds is 13. The van der Waals surface area contributed by atoms with Gasteiger partial charge >= 0.3 is 0 Å². The average Bonchev–Trinajstić information content (AvgIpc) is 3.59. The molecule has 0 bridgehead atoms. The molecule has 6 rings (SSSR count). The highest BCUT2D eigenvalue weighted by Crippen LogP contribution is 2.43. The zero-order valence-corrected chi connectivity index (χ0v) is 27.1. The number of benzene rings is 4. The summed E-state index contributed by atoms with van der Waals surface area (Å²) in [6, 6.07) is 33.1. The molecule has 10 nitrogen and oxygen atoms in total. The van der Waals surface area contributed by atoms with E-state index in [-0.39, 0.29) is 35.6 Å². The third-order valence-corrected chi connectivity index (χ3v) is 9.56. The molecule has 1 saturated heterocycles. The Morgan fingerprint density at radius 1 is 0.918 bits per heavy atom. The lowest BCUT2D eigenvalue weighted by Gasteiger charge is -2.37. The zero-order chi connectivity index (χ0) is 34.4. The number of anilines is 1. The number of aromatic nitrogens is 1. The number of carbonyl (C=O) groups excluding carboxylic acids is 2. The van der Waals surface area contributed by atoms with E-state index in [2.05, 4.69) is 20.5 Å². The van der Waals surface area contributed by atoms with Crippen LogP contribution in [0.5, 0.6) is 5.75 Å². The van der Waals surface area contributed by atoms with Crippen LogP contribution < -0.4 is 21.9 Å². The lowest BCUT2D eigenvalue weighted by molar-refractivity contribution is -0.124. The fourth-order valence-electron chi connectivity index (χ4n) is 7.12. The molecule has 0 aliphatic carbocycles. The van der Waals surface area contributed by atoms with Crippen molar-refractivity contribution in [3.05, 3.63) is 142 Å². The summed E-state index contributed by atoms with van der Waals surface area (Å²) >= 11 is 0. The van der Waals surface area contributed by atoms with Gasteiger partial charge in [-0.05, 0) is 65.4 Å². The summed E-state index contributed by atoms with van der Waals surface area (Å²) in [5.74, 6) is -0.547. The number of aromatic amines is 1. The van der Waals surface area contributed by atoms with Crippen LogP contribution >= 0.6 is 0 Å². The Bertz CT molecular complexity index is 1920. The Kier molecular flexibility index (Phi) is 10.2. The smallest absolute Gasteiger partial charge is 0.248 e. The Balaban J connectivity index is 1.00. The van der Waals surface area contributed by atoms with Gasteiger partial charge in [0.15, 0.2) is 0 Å². The molecule has 0 radical (unpaired) electrons.